The van der Waals surface area contributed by atoms with Gasteiger partial charge >= 0.3 is 0 Å². The summed E-state index contributed by atoms with van der Waals surface area (Å²) in [6, 6.07) is 22.5. The van der Waals surface area contributed by atoms with Crippen molar-refractivity contribution in [1.82, 2.24) is 4.98 Å². The van der Waals surface area contributed by atoms with Gasteiger partial charge in [-0.15, -0.1) is 0 Å². The van der Waals surface area contributed by atoms with Crippen LogP contribution in [0.15, 0.2) is 95.7 Å². The van der Waals surface area contributed by atoms with E-state index >= 15 is 0 Å². The molecule has 4 aromatic rings. The van der Waals surface area contributed by atoms with Gasteiger partial charge in [-0.25, -0.2) is 0 Å². The number of nitrogens with one attached hydrogen (secondary N) is 1. The highest BCUT2D eigenvalue weighted by molar-refractivity contribution is 6.30. The molecule has 0 spiro atoms. The van der Waals surface area contributed by atoms with Gasteiger partial charge in [0.15, 0.2) is 5.76 Å². The van der Waals surface area contributed by atoms with Crippen LogP contribution in [0.3, 0.4) is 0 Å². The summed E-state index contributed by atoms with van der Waals surface area (Å²) in [5, 5.41) is 3.32. The molecule has 0 bridgehead atoms. The largest absolute Gasteiger partial charge is 0.459 e. The third-order valence-electron chi connectivity index (χ3n) is 4.54. The van der Waals surface area contributed by atoms with E-state index < -0.39 is 5.91 Å². The Morgan fingerprint density at radius 3 is 2.52 bits per heavy atom. The highest BCUT2D eigenvalue weighted by atomic mass is 35.5. The van der Waals surface area contributed by atoms with Crippen LogP contribution in [-0.4, -0.2) is 16.8 Å². The second-order valence-electron chi connectivity index (χ2n) is 6.70. The number of nitrogens with zero attached hydrogens (tertiary/aromatic N) is 2. The minimum atomic E-state index is -0.391. The molecule has 31 heavy (non-hydrogen) atoms. The fraction of sp³-hybridized carbons (Fsp3) is 0.0417. The van der Waals surface area contributed by atoms with Crippen molar-refractivity contribution in [3.8, 4) is 0 Å². The van der Waals surface area contributed by atoms with Gasteiger partial charge in [-0.3, -0.25) is 14.6 Å². The number of anilines is 2. The van der Waals surface area contributed by atoms with Gasteiger partial charge in [0.05, 0.1) is 18.5 Å². The summed E-state index contributed by atoms with van der Waals surface area (Å²) in [6.07, 6.45) is 3.11. The first-order valence-corrected chi connectivity index (χ1v) is 9.90. The van der Waals surface area contributed by atoms with Crippen molar-refractivity contribution in [2.24, 2.45) is 0 Å². The standard InChI is InChI=1S/C24H18ClN3O3/c25-18-9-11-21(12-10-18)28(16-20-6-1-2-13-26-20)24(30)17-5-3-7-19(15-17)27-23(29)22-8-4-14-31-22/h1-15H,16H2,(H,27,29). The SMILES string of the molecule is O=C(Nc1cccc(C(=O)N(Cc2ccccn2)c2ccc(Cl)cc2)c1)c1ccco1. The van der Waals surface area contributed by atoms with Crippen molar-refractivity contribution in [2.45, 2.75) is 6.54 Å². The minimum Gasteiger partial charge on any atom is -0.459 e. The summed E-state index contributed by atoms with van der Waals surface area (Å²) in [7, 11) is 0. The smallest absolute Gasteiger partial charge is 0.291 e. The number of hydrogen-bond donors (Lipinski definition) is 1. The number of amides is 2. The number of benzene rings is 2. The number of halogens is 1. The van der Waals surface area contributed by atoms with E-state index in [-0.39, 0.29) is 18.2 Å². The van der Waals surface area contributed by atoms with Crippen molar-refractivity contribution in [1.29, 1.82) is 0 Å². The molecular weight excluding hydrogens is 414 g/mol. The zero-order chi connectivity index (χ0) is 21.6. The van der Waals surface area contributed by atoms with E-state index in [4.69, 9.17) is 16.0 Å². The van der Waals surface area contributed by atoms with E-state index in [0.717, 1.165) is 5.69 Å². The van der Waals surface area contributed by atoms with Gasteiger partial charge in [0.2, 0.25) is 0 Å². The van der Waals surface area contributed by atoms with E-state index in [2.05, 4.69) is 10.3 Å². The van der Waals surface area contributed by atoms with Crippen molar-refractivity contribution in [3.05, 3.63) is 113 Å². The summed E-state index contributed by atoms with van der Waals surface area (Å²) < 4.78 is 5.11. The molecule has 0 saturated heterocycles. The fourth-order valence-electron chi connectivity index (χ4n) is 3.04. The molecule has 0 aliphatic rings. The van der Waals surface area contributed by atoms with Crippen LogP contribution in [0.25, 0.3) is 0 Å². The van der Waals surface area contributed by atoms with E-state index in [1.807, 2.05) is 18.2 Å². The molecule has 0 fully saturated rings. The van der Waals surface area contributed by atoms with Gasteiger partial charge in [0, 0.05) is 28.2 Å². The van der Waals surface area contributed by atoms with Gasteiger partial charge in [-0.2, -0.15) is 0 Å². The fourth-order valence-corrected chi connectivity index (χ4v) is 3.17. The molecule has 0 atom stereocenters. The third kappa shape index (κ3) is 4.99. The Hall–Kier alpha value is -3.90. The van der Waals surface area contributed by atoms with Gasteiger partial charge in [-0.1, -0.05) is 23.7 Å². The average molecular weight is 432 g/mol. The molecular formula is C24H18ClN3O3. The number of hydrogen-bond acceptors (Lipinski definition) is 4. The van der Waals surface area contributed by atoms with E-state index in [0.29, 0.717) is 22.0 Å². The molecule has 1 N–H and O–H groups in total. The Morgan fingerprint density at radius 1 is 0.968 bits per heavy atom. The van der Waals surface area contributed by atoms with E-state index in [1.54, 1.807) is 71.8 Å². The lowest BCUT2D eigenvalue weighted by atomic mass is 10.1. The van der Waals surface area contributed by atoms with Crippen molar-refractivity contribution >= 4 is 34.8 Å². The summed E-state index contributed by atoms with van der Waals surface area (Å²) in [4.78, 5) is 31.7. The summed E-state index contributed by atoms with van der Waals surface area (Å²) in [5.74, 6) is -0.436. The summed E-state index contributed by atoms with van der Waals surface area (Å²) >= 11 is 6.02. The highest BCUT2D eigenvalue weighted by Gasteiger charge is 2.20. The van der Waals surface area contributed by atoms with Crippen molar-refractivity contribution < 1.29 is 14.0 Å². The Bertz CT molecular complexity index is 1180. The minimum absolute atomic E-state index is 0.190. The van der Waals surface area contributed by atoms with Crippen LogP contribution >= 0.6 is 11.6 Å². The van der Waals surface area contributed by atoms with Crippen LogP contribution in [0.5, 0.6) is 0 Å². The van der Waals surface area contributed by atoms with Crippen molar-refractivity contribution in [2.75, 3.05) is 10.2 Å². The second-order valence-corrected chi connectivity index (χ2v) is 7.14. The molecule has 154 valence electrons. The lowest BCUT2D eigenvalue weighted by Gasteiger charge is -2.23. The van der Waals surface area contributed by atoms with Gasteiger partial charge in [0.1, 0.15) is 0 Å². The number of pyridine rings is 1. The van der Waals surface area contributed by atoms with Gasteiger partial charge < -0.3 is 14.6 Å². The first-order chi connectivity index (χ1) is 15.1. The number of rotatable bonds is 6. The van der Waals surface area contributed by atoms with Gasteiger partial charge in [-0.05, 0) is 66.7 Å². The quantitative estimate of drug-likeness (QED) is 0.442. The molecule has 0 aliphatic heterocycles. The van der Waals surface area contributed by atoms with Crippen LogP contribution in [0.1, 0.15) is 26.6 Å². The molecule has 0 unspecified atom stereocenters. The van der Waals surface area contributed by atoms with Gasteiger partial charge in [0.25, 0.3) is 11.8 Å². The number of furan rings is 1. The molecule has 2 aromatic heterocycles. The average Bonchev–Trinajstić information content (AvgIpc) is 3.34. The molecule has 0 saturated carbocycles. The molecule has 4 rings (SSSR count). The topological polar surface area (TPSA) is 75.4 Å². The maximum Gasteiger partial charge on any atom is 0.291 e. The predicted octanol–water partition coefficient (Wildman–Crippen LogP) is 5.43. The van der Waals surface area contributed by atoms with E-state index in [9.17, 15) is 9.59 Å². The van der Waals surface area contributed by atoms with Crippen LogP contribution in [-0.2, 0) is 6.54 Å². The lowest BCUT2D eigenvalue weighted by Crippen LogP contribution is -2.30. The zero-order valence-electron chi connectivity index (χ0n) is 16.4. The lowest BCUT2D eigenvalue weighted by molar-refractivity contribution is 0.0979. The zero-order valence-corrected chi connectivity index (χ0v) is 17.1. The second kappa shape index (κ2) is 9.28. The Balaban J connectivity index is 1.61. The maximum absolute atomic E-state index is 13.4. The molecule has 2 amide bonds. The van der Waals surface area contributed by atoms with Crippen molar-refractivity contribution in [3.63, 3.8) is 0 Å². The molecule has 0 radical (unpaired) electrons. The Labute approximate surface area is 184 Å². The summed E-state index contributed by atoms with van der Waals surface area (Å²) in [5.41, 5.74) is 2.34. The predicted molar refractivity (Wildman–Crippen MR) is 119 cm³/mol. The number of carbonyl (C=O) groups is 2. The molecule has 6 nitrogen and oxygen atoms in total. The molecule has 0 aliphatic carbocycles. The molecule has 7 heteroatoms. The van der Waals surface area contributed by atoms with Crippen LogP contribution < -0.4 is 10.2 Å². The Morgan fingerprint density at radius 2 is 1.81 bits per heavy atom. The molecule has 2 aromatic carbocycles. The normalized spacial score (nSPS) is 10.5. The van der Waals surface area contributed by atoms with Crippen LogP contribution in [0.2, 0.25) is 5.02 Å². The molecule has 2 heterocycles. The Kier molecular flexibility index (Phi) is 6.10. The van der Waals surface area contributed by atoms with Crippen LogP contribution in [0.4, 0.5) is 11.4 Å². The number of carbonyl (C=O) groups excluding carboxylic acids is 2. The maximum atomic E-state index is 13.4. The first kappa shape index (κ1) is 20.4. The first-order valence-electron chi connectivity index (χ1n) is 9.52. The highest BCUT2D eigenvalue weighted by Crippen LogP contribution is 2.23. The summed E-state index contributed by atoms with van der Waals surface area (Å²) in [6.45, 7) is 0.282. The van der Waals surface area contributed by atoms with Crippen LogP contribution in [0, 0.1) is 0 Å². The number of aromatic nitrogens is 1. The monoisotopic (exact) mass is 431 g/mol. The van der Waals surface area contributed by atoms with E-state index in [1.165, 1.54) is 6.26 Å². The third-order valence-corrected chi connectivity index (χ3v) is 4.79.